The molecule has 0 aliphatic heterocycles. The number of fused-ring (bicyclic) bond motifs is 1. The smallest absolute Gasteiger partial charge is 0.250 e. The maximum absolute atomic E-state index is 11.2. The Labute approximate surface area is 81.9 Å². The van der Waals surface area contributed by atoms with Gasteiger partial charge in [0.25, 0.3) is 5.91 Å². The molecular formula is C11H12N2O. The molecule has 1 aromatic heterocycles. The fourth-order valence-corrected chi connectivity index (χ4v) is 1.63. The number of aromatic amines is 1. The predicted octanol–water partition coefficient (Wildman–Crippen LogP) is 1.83. The summed E-state index contributed by atoms with van der Waals surface area (Å²) in [6.07, 6.45) is 2.72. The van der Waals surface area contributed by atoms with Gasteiger partial charge in [-0.1, -0.05) is 6.92 Å². The molecule has 0 bridgehead atoms. The largest absolute Gasteiger partial charge is 0.366 e. The molecular weight excluding hydrogens is 176 g/mol. The fourth-order valence-electron chi connectivity index (χ4n) is 1.63. The van der Waals surface area contributed by atoms with Crippen molar-refractivity contribution < 1.29 is 4.79 Å². The maximum atomic E-state index is 11.2. The zero-order chi connectivity index (χ0) is 10.1. The summed E-state index contributed by atoms with van der Waals surface area (Å²) >= 11 is 0. The number of H-pyrrole nitrogens is 1. The standard InChI is InChI=1S/C11H12N2O/c1-2-7-5-8-3-4-13-10(8)9(6-7)11(12)14/h3-6,13H,2H2,1H3,(H2,12,14). The van der Waals surface area contributed by atoms with Crippen LogP contribution in [0.4, 0.5) is 0 Å². The Morgan fingerprint density at radius 2 is 2.29 bits per heavy atom. The minimum atomic E-state index is -0.382. The number of nitrogens with two attached hydrogens (primary N) is 1. The van der Waals surface area contributed by atoms with Gasteiger partial charge >= 0.3 is 0 Å². The molecule has 1 aromatic carbocycles. The summed E-state index contributed by atoms with van der Waals surface area (Å²) in [7, 11) is 0. The molecule has 3 nitrogen and oxygen atoms in total. The number of aromatic nitrogens is 1. The van der Waals surface area contributed by atoms with E-state index in [-0.39, 0.29) is 5.91 Å². The van der Waals surface area contributed by atoms with E-state index in [0.29, 0.717) is 5.56 Å². The molecule has 3 heteroatoms. The molecule has 2 aromatic rings. The first kappa shape index (κ1) is 8.81. The Morgan fingerprint density at radius 3 is 2.93 bits per heavy atom. The Balaban J connectivity index is 2.76. The second kappa shape index (κ2) is 3.18. The van der Waals surface area contributed by atoms with Crippen molar-refractivity contribution in [2.75, 3.05) is 0 Å². The molecule has 0 unspecified atom stereocenters. The second-order valence-electron chi connectivity index (χ2n) is 3.30. The van der Waals surface area contributed by atoms with Crippen molar-refractivity contribution in [2.45, 2.75) is 13.3 Å². The van der Waals surface area contributed by atoms with Gasteiger partial charge in [-0.25, -0.2) is 0 Å². The van der Waals surface area contributed by atoms with Gasteiger partial charge in [0, 0.05) is 11.6 Å². The highest BCUT2D eigenvalue weighted by molar-refractivity contribution is 6.05. The topological polar surface area (TPSA) is 58.9 Å². The average Bonchev–Trinajstić information content (AvgIpc) is 2.63. The van der Waals surface area contributed by atoms with E-state index in [9.17, 15) is 4.79 Å². The van der Waals surface area contributed by atoms with Crippen molar-refractivity contribution in [2.24, 2.45) is 5.73 Å². The van der Waals surface area contributed by atoms with Crippen LogP contribution in [-0.2, 0) is 6.42 Å². The van der Waals surface area contributed by atoms with Crippen LogP contribution < -0.4 is 5.73 Å². The molecule has 0 aliphatic rings. The number of amides is 1. The van der Waals surface area contributed by atoms with Gasteiger partial charge < -0.3 is 10.7 Å². The molecule has 0 saturated heterocycles. The summed E-state index contributed by atoms with van der Waals surface area (Å²) in [6, 6.07) is 5.86. The zero-order valence-corrected chi connectivity index (χ0v) is 8.00. The van der Waals surface area contributed by atoms with Gasteiger partial charge in [0.1, 0.15) is 0 Å². The summed E-state index contributed by atoms with van der Waals surface area (Å²) in [5, 5.41) is 1.04. The number of rotatable bonds is 2. The number of carbonyl (C=O) groups excluding carboxylic acids is 1. The molecule has 0 atom stereocenters. The summed E-state index contributed by atoms with van der Waals surface area (Å²) in [5.41, 5.74) is 7.84. The van der Waals surface area contributed by atoms with Crippen LogP contribution in [0.15, 0.2) is 24.4 Å². The normalized spacial score (nSPS) is 10.6. The van der Waals surface area contributed by atoms with E-state index in [4.69, 9.17) is 5.73 Å². The molecule has 3 N–H and O–H groups in total. The van der Waals surface area contributed by atoms with Crippen LogP contribution in [0.1, 0.15) is 22.8 Å². The Kier molecular flexibility index (Phi) is 2.00. The van der Waals surface area contributed by atoms with Crippen molar-refractivity contribution in [1.82, 2.24) is 4.98 Å². The third kappa shape index (κ3) is 1.27. The molecule has 0 saturated carbocycles. The van der Waals surface area contributed by atoms with Gasteiger partial charge in [-0.3, -0.25) is 4.79 Å². The molecule has 1 amide bonds. The average molecular weight is 188 g/mol. The SMILES string of the molecule is CCc1cc(C(N)=O)c2[nH]ccc2c1. The van der Waals surface area contributed by atoms with Gasteiger partial charge in [0.15, 0.2) is 0 Å². The number of nitrogens with one attached hydrogen (secondary N) is 1. The molecule has 14 heavy (non-hydrogen) atoms. The van der Waals surface area contributed by atoms with E-state index >= 15 is 0 Å². The summed E-state index contributed by atoms with van der Waals surface area (Å²) in [6.45, 7) is 2.05. The van der Waals surface area contributed by atoms with Crippen LogP contribution >= 0.6 is 0 Å². The molecule has 0 spiro atoms. The van der Waals surface area contributed by atoms with Crippen LogP contribution in [0, 0.1) is 0 Å². The first-order valence-corrected chi connectivity index (χ1v) is 4.62. The third-order valence-electron chi connectivity index (χ3n) is 2.39. The van der Waals surface area contributed by atoms with Crippen LogP contribution in [0.3, 0.4) is 0 Å². The third-order valence-corrected chi connectivity index (χ3v) is 2.39. The van der Waals surface area contributed by atoms with E-state index in [2.05, 4.69) is 18.0 Å². The van der Waals surface area contributed by atoms with E-state index in [1.807, 2.05) is 18.3 Å². The number of hydrogen-bond acceptors (Lipinski definition) is 1. The lowest BCUT2D eigenvalue weighted by molar-refractivity contribution is 0.100. The second-order valence-corrected chi connectivity index (χ2v) is 3.30. The van der Waals surface area contributed by atoms with Gasteiger partial charge in [-0.2, -0.15) is 0 Å². The van der Waals surface area contributed by atoms with Gasteiger partial charge in [0.2, 0.25) is 0 Å². The summed E-state index contributed by atoms with van der Waals surface area (Å²) in [4.78, 5) is 14.2. The quantitative estimate of drug-likeness (QED) is 0.742. The van der Waals surface area contributed by atoms with E-state index in [1.54, 1.807) is 0 Å². The number of primary amides is 1. The van der Waals surface area contributed by atoms with Crippen molar-refractivity contribution in [1.29, 1.82) is 0 Å². The molecule has 1 heterocycles. The monoisotopic (exact) mass is 188 g/mol. The molecule has 2 rings (SSSR count). The lowest BCUT2D eigenvalue weighted by atomic mass is 10.0. The first-order valence-electron chi connectivity index (χ1n) is 4.62. The molecule has 72 valence electrons. The predicted molar refractivity (Wildman–Crippen MR) is 56.2 cm³/mol. The van der Waals surface area contributed by atoms with Crippen LogP contribution in [0.5, 0.6) is 0 Å². The molecule has 0 radical (unpaired) electrons. The lowest BCUT2D eigenvalue weighted by Crippen LogP contribution is -2.12. The first-order chi connectivity index (χ1) is 6.72. The van der Waals surface area contributed by atoms with Crippen molar-refractivity contribution in [3.05, 3.63) is 35.5 Å². The minimum Gasteiger partial charge on any atom is -0.366 e. The van der Waals surface area contributed by atoms with E-state index in [1.165, 1.54) is 0 Å². The Bertz CT molecular complexity index is 485. The van der Waals surface area contributed by atoms with Crippen LogP contribution in [0.25, 0.3) is 10.9 Å². The van der Waals surface area contributed by atoms with Crippen molar-refractivity contribution >= 4 is 16.8 Å². The molecule has 0 fully saturated rings. The number of hydrogen-bond donors (Lipinski definition) is 2. The number of carbonyl (C=O) groups is 1. The summed E-state index contributed by atoms with van der Waals surface area (Å²) < 4.78 is 0. The molecule has 0 aliphatic carbocycles. The van der Waals surface area contributed by atoms with Gasteiger partial charge in [-0.05, 0) is 30.2 Å². The Morgan fingerprint density at radius 1 is 1.50 bits per heavy atom. The highest BCUT2D eigenvalue weighted by Crippen LogP contribution is 2.19. The van der Waals surface area contributed by atoms with E-state index < -0.39 is 0 Å². The van der Waals surface area contributed by atoms with Gasteiger partial charge in [0.05, 0.1) is 11.1 Å². The highest BCUT2D eigenvalue weighted by atomic mass is 16.1. The van der Waals surface area contributed by atoms with Crippen molar-refractivity contribution in [3.63, 3.8) is 0 Å². The van der Waals surface area contributed by atoms with Crippen LogP contribution in [-0.4, -0.2) is 10.9 Å². The van der Waals surface area contributed by atoms with Crippen molar-refractivity contribution in [3.8, 4) is 0 Å². The maximum Gasteiger partial charge on any atom is 0.250 e. The van der Waals surface area contributed by atoms with Gasteiger partial charge in [-0.15, -0.1) is 0 Å². The fraction of sp³-hybridized carbons (Fsp3) is 0.182. The van der Waals surface area contributed by atoms with E-state index in [0.717, 1.165) is 22.9 Å². The zero-order valence-electron chi connectivity index (χ0n) is 8.00. The van der Waals surface area contributed by atoms with Crippen LogP contribution in [0.2, 0.25) is 0 Å². The number of aryl methyl sites for hydroxylation is 1. The Hall–Kier alpha value is -1.77. The lowest BCUT2D eigenvalue weighted by Gasteiger charge is -2.02. The minimum absolute atomic E-state index is 0.382. The number of benzene rings is 1. The summed E-state index contributed by atoms with van der Waals surface area (Å²) in [5.74, 6) is -0.382. The highest BCUT2D eigenvalue weighted by Gasteiger charge is 2.08.